The number of hydrogen-bond acceptors (Lipinski definition) is 4. The van der Waals surface area contributed by atoms with Crippen LogP contribution in [0.25, 0.3) is 6.08 Å². The molecule has 3 N–H and O–H groups in total. The number of carbonyl (C=O) groups is 1. The van der Waals surface area contributed by atoms with Gasteiger partial charge in [0.25, 0.3) is 5.91 Å². The quantitative estimate of drug-likeness (QED) is 0.457. The van der Waals surface area contributed by atoms with Crippen LogP contribution in [0.4, 0.5) is 0 Å². The number of thiocarbonyl (C=S) groups is 1. The Morgan fingerprint density at radius 3 is 2.93 bits per heavy atom. The fourth-order valence-electron chi connectivity index (χ4n) is 0.843. The van der Waals surface area contributed by atoms with Crippen LogP contribution in [-0.4, -0.2) is 11.0 Å². The molecule has 0 unspecified atom stereocenters. The van der Waals surface area contributed by atoms with E-state index in [9.17, 15) is 4.79 Å². The summed E-state index contributed by atoms with van der Waals surface area (Å²) in [6, 6.07) is 5.42. The zero-order valence-corrected chi connectivity index (χ0v) is 9.19. The van der Waals surface area contributed by atoms with Crippen molar-refractivity contribution in [3.63, 3.8) is 0 Å². The maximum atomic E-state index is 11.3. The van der Waals surface area contributed by atoms with Crippen molar-refractivity contribution in [3.8, 4) is 6.07 Å². The Bertz CT molecular complexity index is 442. The van der Waals surface area contributed by atoms with Crippen LogP contribution in [0.3, 0.4) is 0 Å². The van der Waals surface area contributed by atoms with E-state index in [4.69, 9.17) is 11.0 Å². The first-order chi connectivity index (χ1) is 7.13. The molecule has 15 heavy (non-hydrogen) atoms. The van der Waals surface area contributed by atoms with Gasteiger partial charge in [-0.1, -0.05) is 6.07 Å². The molecule has 1 aromatic heterocycles. The summed E-state index contributed by atoms with van der Waals surface area (Å²) >= 11 is 5.93. The molecule has 1 aromatic rings. The fourth-order valence-corrected chi connectivity index (χ4v) is 1.59. The van der Waals surface area contributed by atoms with Gasteiger partial charge >= 0.3 is 0 Å². The van der Waals surface area contributed by atoms with Gasteiger partial charge < -0.3 is 5.73 Å². The molecule has 0 atom stereocenters. The molecule has 6 heteroatoms. The maximum absolute atomic E-state index is 11.3. The average molecular weight is 237 g/mol. The van der Waals surface area contributed by atoms with Gasteiger partial charge in [-0.2, -0.15) is 5.26 Å². The van der Waals surface area contributed by atoms with Crippen molar-refractivity contribution in [2.75, 3.05) is 0 Å². The molecule has 0 fully saturated rings. The van der Waals surface area contributed by atoms with Crippen LogP contribution in [0.2, 0.25) is 0 Å². The molecule has 0 radical (unpaired) electrons. The monoisotopic (exact) mass is 237 g/mol. The van der Waals surface area contributed by atoms with Crippen molar-refractivity contribution in [2.24, 2.45) is 5.73 Å². The number of nitrogens with zero attached hydrogens (tertiary/aromatic N) is 1. The minimum atomic E-state index is -0.585. The van der Waals surface area contributed by atoms with E-state index < -0.39 is 5.91 Å². The maximum Gasteiger partial charge on any atom is 0.268 e. The highest BCUT2D eigenvalue weighted by molar-refractivity contribution is 7.80. The van der Waals surface area contributed by atoms with Gasteiger partial charge in [0, 0.05) is 4.88 Å². The molecule has 0 aliphatic carbocycles. The number of rotatable bonds is 2. The summed E-state index contributed by atoms with van der Waals surface area (Å²) in [4.78, 5) is 12.2. The Morgan fingerprint density at radius 1 is 1.73 bits per heavy atom. The third-order valence-corrected chi connectivity index (χ3v) is 2.35. The molecular formula is C9H7N3OS2. The van der Waals surface area contributed by atoms with Gasteiger partial charge in [0.1, 0.15) is 11.6 Å². The summed E-state index contributed by atoms with van der Waals surface area (Å²) in [6.45, 7) is 0. The van der Waals surface area contributed by atoms with Crippen LogP contribution in [0.15, 0.2) is 23.1 Å². The summed E-state index contributed by atoms with van der Waals surface area (Å²) in [5.41, 5.74) is 5.10. The molecule has 4 nitrogen and oxygen atoms in total. The molecule has 0 saturated heterocycles. The summed E-state index contributed by atoms with van der Waals surface area (Å²) in [7, 11) is 0. The minimum Gasteiger partial charge on any atom is -0.376 e. The summed E-state index contributed by atoms with van der Waals surface area (Å²) < 4.78 is 0. The van der Waals surface area contributed by atoms with E-state index in [2.05, 4.69) is 17.5 Å². The van der Waals surface area contributed by atoms with Crippen LogP contribution in [-0.2, 0) is 4.79 Å². The molecule has 76 valence electrons. The van der Waals surface area contributed by atoms with E-state index in [0.717, 1.165) is 4.88 Å². The number of thiophene rings is 1. The lowest BCUT2D eigenvalue weighted by Gasteiger charge is -1.99. The highest BCUT2D eigenvalue weighted by Gasteiger charge is 2.09. The van der Waals surface area contributed by atoms with E-state index in [1.54, 1.807) is 12.1 Å². The van der Waals surface area contributed by atoms with Gasteiger partial charge in [-0.15, -0.1) is 11.3 Å². The Labute approximate surface area is 96.0 Å². The number of nitriles is 1. The molecule has 1 heterocycles. The molecule has 1 rings (SSSR count). The van der Waals surface area contributed by atoms with Crippen molar-refractivity contribution < 1.29 is 4.79 Å². The summed E-state index contributed by atoms with van der Waals surface area (Å²) in [5, 5.41) is 12.6. The Balaban J connectivity index is 2.86. The number of hydrogen-bond donors (Lipinski definition) is 2. The first-order valence-corrected chi connectivity index (χ1v) is 5.18. The lowest BCUT2D eigenvalue weighted by molar-refractivity contribution is -0.115. The van der Waals surface area contributed by atoms with Gasteiger partial charge in [0.05, 0.1) is 0 Å². The van der Waals surface area contributed by atoms with Crippen LogP contribution in [0, 0.1) is 11.3 Å². The van der Waals surface area contributed by atoms with Crippen molar-refractivity contribution in [2.45, 2.75) is 0 Å². The van der Waals surface area contributed by atoms with E-state index >= 15 is 0 Å². The van der Waals surface area contributed by atoms with Gasteiger partial charge in [-0.3, -0.25) is 10.1 Å². The number of carbonyl (C=O) groups excluding carboxylic acids is 1. The van der Waals surface area contributed by atoms with Crippen LogP contribution < -0.4 is 11.1 Å². The number of nitrogens with one attached hydrogen (secondary N) is 1. The highest BCUT2D eigenvalue weighted by Crippen LogP contribution is 2.12. The zero-order valence-electron chi connectivity index (χ0n) is 7.56. The number of amides is 1. The van der Waals surface area contributed by atoms with E-state index in [1.807, 2.05) is 11.4 Å². The van der Waals surface area contributed by atoms with Gasteiger partial charge in [0.2, 0.25) is 0 Å². The van der Waals surface area contributed by atoms with Crippen LogP contribution >= 0.6 is 23.6 Å². The average Bonchev–Trinajstić information content (AvgIpc) is 2.65. The lowest BCUT2D eigenvalue weighted by atomic mass is 10.2. The normalized spacial score (nSPS) is 10.5. The second-order valence-corrected chi connectivity index (χ2v) is 3.92. The number of nitrogens with two attached hydrogens (primary N) is 1. The van der Waals surface area contributed by atoms with E-state index in [-0.39, 0.29) is 10.7 Å². The molecule has 0 aromatic carbocycles. The molecule has 0 bridgehead atoms. The predicted molar refractivity (Wildman–Crippen MR) is 62.8 cm³/mol. The topological polar surface area (TPSA) is 78.9 Å². The van der Waals surface area contributed by atoms with Crippen LogP contribution in [0.1, 0.15) is 4.88 Å². The van der Waals surface area contributed by atoms with E-state index in [0.29, 0.717) is 0 Å². The Kier molecular flexibility index (Phi) is 3.97. The molecule has 1 amide bonds. The second kappa shape index (κ2) is 5.24. The molecule has 0 saturated carbocycles. The third-order valence-electron chi connectivity index (χ3n) is 1.43. The third kappa shape index (κ3) is 3.50. The first kappa shape index (κ1) is 11.4. The SMILES string of the molecule is N#C/C(=C\c1cccs1)C(=O)NC(N)=S. The molecule has 0 aliphatic heterocycles. The van der Waals surface area contributed by atoms with E-state index in [1.165, 1.54) is 17.4 Å². The zero-order chi connectivity index (χ0) is 11.3. The van der Waals surface area contributed by atoms with Crippen molar-refractivity contribution in [1.82, 2.24) is 5.32 Å². The van der Waals surface area contributed by atoms with Crippen molar-refractivity contribution in [3.05, 3.63) is 28.0 Å². The van der Waals surface area contributed by atoms with Crippen molar-refractivity contribution in [1.29, 1.82) is 5.26 Å². The molecular weight excluding hydrogens is 230 g/mol. The Morgan fingerprint density at radius 2 is 2.47 bits per heavy atom. The second-order valence-electron chi connectivity index (χ2n) is 2.50. The van der Waals surface area contributed by atoms with Gasteiger partial charge in [0.15, 0.2) is 5.11 Å². The molecule has 0 aliphatic rings. The highest BCUT2D eigenvalue weighted by atomic mass is 32.1. The molecule has 0 spiro atoms. The fraction of sp³-hybridized carbons (Fsp3) is 0. The summed E-state index contributed by atoms with van der Waals surface area (Å²) in [6.07, 6.45) is 1.48. The minimum absolute atomic E-state index is 0.0229. The lowest BCUT2D eigenvalue weighted by Crippen LogP contribution is -2.35. The largest absolute Gasteiger partial charge is 0.376 e. The summed E-state index contributed by atoms with van der Waals surface area (Å²) in [5.74, 6) is -0.585. The predicted octanol–water partition coefficient (Wildman–Crippen LogP) is 1.01. The first-order valence-electron chi connectivity index (χ1n) is 3.89. The van der Waals surface area contributed by atoms with Crippen molar-refractivity contribution >= 4 is 40.7 Å². The smallest absolute Gasteiger partial charge is 0.268 e. The Hall–Kier alpha value is -1.71. The van der Waals surface area contributed by atoms with Crippen LogP contribution in [0.5, 0.6) is 0 Å². The van der Waals surface area contributed by atoms with Gasteiger partial charge in [-0.25, -0.2) is 0 Å². The standard InChI is InChI=1S/C9H7N3OS2/c10-5-6(8(13)12-9(11)14)4-7-2-1-3-15-7/h1-4H,(H3,11,12,13,14)/b6-4+. The van der Waals surface area contributed by atoms with Gasteiger partial charge in [-0.05, 0) is 29.7 Å².